The molecule has 1 aliphatic rings. The van der Waals surface area contributed by atoms with E-state index in [-0.39, 0.29) is 29.8 Å². The summed E-state index contributed by atoms with van der Waals surface area (Å²) in [7, 11) is 0. The molecular weight excluding hydrogens is 483 g/mol. The zero-order valence-corrected chi connectivity index (χ0v) is 20.2. The predicted octanol–water partition coefficient (Wildman–Crippen LogP) is 4.34. The van der Waals surface area contributed by atoms with Gasteiger partial charge in [0.1, 0.15) is 0 Å². The number of benzene rings is 2. The summed E-state index contributed by atoms with van der Waals surface area (Å²) in [6, 6.07) is 11.1. The van der Waals surface area contributed by atoms with E-state index in [1.807, 2.05) is 13.8 Å². The lowest BCUT2D eigenvalue weighted by atomic mass is 10.1. The van der Waals surface area contributed by atoms with Crippen LogP contribution in [0.1, 0.15) is 30.6 Å². The van der Waals surface area contributed by atoms with Gasteiger partial charge in [-0.3, -0.25) is 14.4 Å². The molecule has 1 atom stereocenters. The highest BCUT2D eigenvalue weighted by atomic mass is 35.5. The number of hydrogen-bond acceptors (Lipinski definition) is 6. The first-order chi connectivity index (χ1) is 16.2. The number of nitrogens with zero attached hydrogens (tertiary/aromatic N) is 1. The van der Waals surface area contributed by atoms with Crippen LogP contribution in [-0.2, 0) is 23.9 Å². The van der Waals surface area contributed by atoms with Crippen molar-refractivity contribution in [2.24, 2.45) is 11.8 Å². The van der Waals surface area contributed by atoms with Gasteiger partial charge in [-0.1, -0.05) is 43.1 Å². The number of carbonyl (C=O) groups excluding carboxylic acids is 4. The fourth-order valence-electron chi connectivity index (χ4n) is 3.27. The second-order valence-corrected chi connectivity index (χ2v) is 8.99. The van der Waals surface area contributed by atoms with Crippen LogP contribution in [0.2, 0.25) is 10.0 Å². The van der Waals surface area contributed by atoms with E-state index in [2.05, 4.69) is 5.32 Å². The summed E-state index contributed by atoms with van der Waals surface area (Å²) < 4.78 is 10.3. The summed E-state index contributed by atoms with van der Waals surface area (Å²) in [5, 5.41) is 3.11. The molecule has 180 valence electrons. The van der Waals surface area contributed by atoms with Gasteiger partial charge >= 0.3 is 11.9 Å². The maximum atomic E-state index is 12.4. The molecule has 1 fully saturated rings. The fraction of sp³-hybridized carbons (Fsp3) is 0.333. The lowest BCUT2D eigenvalue weighted by molar-refractivity contribution is -0.151. The van der Waals surface area contributed by atoms with Crippen LogP contribution in [0.3, 0.4) is 0 Å². The first-order valence-corrected chi connectivity index (χ1v) is 11.4. The number of ether oxygens (including phenoxy) is 2. The van der Waals surface area contributed by atoms with Crippen LogP contribution in [0.15, 0.2) is 42.5 Å². The Balaban J connectivity index is 1.48. The Kier molecular flexibility index (Phi) is 8.52. The van der Waals surface area contributed by atoms with Gasteiger partial charge < -0.3 is 19.7 Å². The molecule has 0 aliphatic carbocycles. The number of esters is 2. The molecular formula is C24H24Cl2N2O6. The first-order valence-electron chi connectivity index (χ1n) is 10.6. The molecule has 8 nitrogen and oxygen atoms in total. The smallest absolute Gasteiger partial charge is 0.338 e. The first kappa shape index (κ1) is 25.5. The molecule has 2 aromatic rings. The Morgan fingerprint density at radius 2 is 1.79 bits per heavy atom. The van der Waals surface area contributed by atoms with Gasteiger partial charge in [0.25, 0.3) is 5.91 Å². The molecule has 0 aromatic heterocycles. The molecule has 1 N–H and O–H groups in total. The molecule has 0 radical (unpaired) electrons. The van der Waals surface area contributed by atoms with E-state index < -0.39 is 30.4 Å². The number of anilines is 2. The van der Waals surface area contributed by atoms with E-state index >= 15 is 0 Å². The second-order valence-electron chi connectivity index (χ2n) is 8.20. The van der Waals surface area contributed by atoms with Crippen LogP contribution in [0.4, 0.5) is 11.4 Å². The van der Waals surface area contributed by atoms with E-state index in [0.717, 1.165) is 0 Å². The van der Waals surface area contributed by atoms with Gasteiger partial charge in [0.15, 0.2) is 6.61 Å². The molecule has 1 aliphatic heterocycles. The van der Waals surface area contributed by atoms with Crippen molar-refractivity contribution < 1.29 is 28.7 Å². The van der Waals surface area contributed by atoms with E-state index in [9.17, 15) is 19.2 Å². The quantitative estimate of drug-likeness (QED) is 0.534. The second kappa shape index (κ2) is 11.4. The average molecular weight is 507 g/mol. The molecule has 2 amide bonds. The van der Waals surface area contributed by atoms with Crippen molar-refractivity contribution in [1.82, 2.24) is 0 Å². The SMILES string of the molecule is CC(C)COC(=O)c1ccc(NC(=O)COC(=O)[C@@H]2CC(=O)N(c3cccc(Cl)c3Cl)C2)cc1. The molecule has 0 spiro atoms. The number of rotatable bonds is 8. The van der Waals surface area contributed by atoms with Crippen molar-refractivity contribution >= 4 is 58.3 Å². The van der Waals surface area contributed by atoms with Crippen molar-refractivity contribution in [3.63, 3.8) is 0 Å². The van der Waals surface area contributed by atoms with E-state index in [1.165, 1.54) is 17.0 Å². The number of nitrogens with one attached hydrogen (secondary N) is 1. The fourth-order valence-corrected chi connectivity index (χ4v) is 3.66. The summed E-state index contributed by atoms with van der Waals surface area (Å²) >= 11 is 12.2. The molecule has 0 unspecified atom stereocenters. The zero-order valence-electron chi connectivity index (χ0n) is 18.7. The maximum Gasteiger partial charge on any atom is 0.338 e. The lowest BCUT2D eigenvalue weighted by Crippen LogP contribution is -2.28. The third kappa shape index (κ3) is 6.48. The number of carbonyl (C=O) groups is 4. The number of amides is 2. The van der Waals surface area contributed by atoms with Crippen LogP contribution >= 0.6 is 23.2 Å². The number of halogens is 2. The van der Waals surface area contributed by atoms with Gasteiger partial charge in [-0.15, -0.1) is 0 Å². The van der Waals surface area contributed by atoms with Gasteiger partial charge in [-0.05, 0) is 42.3 Å². The molecule has 3 rings (SSSR count). The maximum absolute atomic E-state index is 12.4. The monoisotopic (exact) mass is 506 g/mol. The Hall–Kier alpha value is -3.10. The van der Waals surface area contributed by atoms with Crippen molar-refractivity contribution in [3.8, 4) is 0 Å². The summed E-state index contributed by atoms with van der Waals surface area (Å²) in [5.74, 6) is -2.45. The zero-order chi connectivity index (χ0) is 24.8. The Morgan fingerprint density at radius 3 is 2.47 bits per heavy atom. The molecule has 0 saturated carbocycles. The molecule has 0 bridgehead atoms. The summed E-state index contributed by atoms with van der Waals surface area (Å²) in [4.78, 5) is 50.3. The minimum atomic E-state index is -0.730. The minimum absolute atomic E-state index is 0.0579. The molecule has 34 heavy (non-hydrogen) atoms. The summed E-state index contributed by atoms with van der Waals surface area (Å²) in [6.45, 7) is 3.76. The van der Waals surface area contributed by atoms with E-state index in [0.29, 0.717) is 28.6 Å². The van der Waals surface area contributed by atoms with Crippen molar-refractivity contribution in [3.05, 3.63) is 58.1 Å². The van der Waals surface area contributed by atoms with Crippen LogP contribution in [-0.4, -0.2) is 43.5 Å². The van der Waals surface area contributed by atoms with Gasteiger partial charge in [0.05, 0.1) is 33.8 Å². The van der Waals surface area contributed by atoms with Crippen molar-refractivity contribution in [2.75, 3.05) is 30.0 Å². The van der Waals surface area contributed by atoms with Gasteiger partial charge in [0, 0.05) is 18.7 Å². The standard InChI is InChI=1S/C24H24Cl2N2O6/c1-14(2)12-33-23(31)15-6-8-17(9-7-15)27-20(29)13-34-24(32)16-10-21(30)28(11-16)19-5-3-4-18(25)22(19)26/h3-9,14,16H,10-13H2,1-2H3,(H,27,29)/t16-/m1/s1. The Morgan fingerprint density at radius 1 is 1.09 bits per heavy atom. The molecule has 1 heterocycles. The van der Waals surface area contributed by atoms with Crippen LogP contribution in [0, 0.1) is 11.8 Å². The van der Waals surface area contributed by atoms with Crippen LogP contribution in [0.25, 0.3) is 0 Å². The lowest BCUT2D eigenvalue weighted by Gasteiger charge is -2.18. The minimum Gasteiger partial charge on any atom is -0.462 e. The average Bonchev–Trinajstić information content (AvgIpc) is 3.19. The Bertz CT molecular complexity index is 1090. The predicted molar refractivity (Wildman–Crippen MR) is 128 cm³/mol. The van der Waals surface area contributed by atoms with Crippen molar-refractivity contribution in [1.29, 1.82) is 0 Å². The highest BCUT2D eigenvalue weighted by Gasteiger charge is 2.37. The van der Waals surface area contributed by atoms with E-state index in [4.69, 9.17) is 32.7 Å². The molecule has 10 heteroatoms. The highest BCUT2D eigenvalue weighted by molar-refractivity contribution is 6.44. The normalized spacial score (nSPS) is 15.4. The topological polar surface area (TPSA) is 102 Å². The van der Waals surface area contributed by atoms with Crippen LogP contribution in [0.5, 0.6) is 0 Å². The number of hydrogen-bond donors (Lipinski definition) is 1. The third-order valence-corrected chi connectivity index (χ3v) is 5.79. The molecule has 1 saturated heterocycles. The van der Waals surface area contributed by atoms with Crippen molar-refractivity contribution in [2.45, 2.75) is 20.3 Å². The van der Waals surface area contributed by atoms with Gasteiger partial charge in [0.2, 0.25) is 5.91 Å². The summed E-state index contributed by atoms with van der Waals surface area (Å²) in [6.07, 6.45) is -0.0579. The van der Waals surface area contributed by atoms with E-state index in [1.54, 1.807) is 30.3 Å². The third-order valence-electron chi connectivity index (χ3n) is 4.98. The molecule has 2 aromatic carbocycles. The van der Waals surface area contributed by atoms with Gasteiger partial charge in [-0.2, -0.15) is 0 Å². The van der Waals surface area contributed by atoms with Crippen LogP contribution < -0.4 is 10.2 Å². The summed E-state index contributed by atoms with van der Waals surface area (Å²) in [5.41, 5.74) is 1.21. The Labute approximate surface area is 207 Å². The highest BCUT2D eigenvalue weighted by Crippen LogP contribution is 2.35. The van der Waals surface area contributed by atoms with Gasteiger partial charge in [-0.25, -0.2) is 4.79 Å². The largest absolute Gasteiger partial charge is 0.462 e.